The molecule has 0 radical (unpaired) electrons. The third-order valence-electron chi connectivity index (χ3n) is 12.2. The van der Waals surface area contributed by atoms with Gasteiger partial charge in [-0.15, -0.1) is 0 Å². The molecule has 0 fully saturated rings. The Hall–Kier alpha value is -4.66. The number of methoxy groups -OCH3 is 2. The van der Waals surface area contributed by atoms with E-state index in [1.165, 1.54) is 51.4 Å². The summed E-state index contributed by atoms with van der Waals surface area (Å²) >= 11 is 0. The van der Waals surface area contributed by atoms with Crippen LogP contribution in [0.2, 0.25) is 0 Å². The van der Waals surface area contributed by atoms with Crippen LogP contribution in [0.5, 0.6) is 34.5 Å². The fourth-order valence-corrected chi connectivity index (χ4v) is 8.70. The van der Waals surface area contributed by atoms with Crippen molar-refractivity contribution in [1.29, 1.82) is 0 Å². The van der Waals surface area contributed by atoms with E-state index in [2.05, 4.69) is 88.4 Å². The molecular weight excluding hydrogens is 801 g/mol. The average molecular weight is 877 g/mol. The van der Waals surface area contributed by atoms with Crippen LogP contribution in [0.1, 0.15) is 130 Å². The fraction of sp³-hybridized carbons (Fsp3) is 0.536. The number of benzene rings is 6. The van der Waals surface area contributed by atoms with Gasteiger partial charge in [0.15, 0.2) is 23.0 Å². The van der Waals surface area contributed by atoms with Gasteiger partial charge < -0.3 is 37.9 Å². The molecule has 0 bridgehead atoms. The third kappa shape index (κ3) is 12.8. The van der Waals surface area contributed by atoms with E-state index in [9.17, 15) is 0 Å². The molecule has 6 aromatic rings. The Morgan fingerprint density at radius 1 is 0.281 bits per heavy atom. The molecule has 64 heavy (non-hydrogen) atoms. The Morgan fingerprint density at radius 2 is 0.594 bits per heavy atom. The first-order valence-electron chi connectivity index (χ1n) is 24.7. The zero-order chi connectivity index (χ0) is 44.9. The molecule has 0 aliphatic rings. The highest BCUT2D eigenvalue weighted by Gasteiger charge is 2.22. The van der Waals surface area contributed by atoms with Crippen molar-refractivity contribution in [3.8, 4) is 34.5 Å². The highest BCUT2D eigenvalue weighted by atomic mass is 16.5. The van der Waals surface area contributed by atoms with Gasteiger partial charge >= 0.3 is 0 Å². The van der Waals surface area contributed by atoms with Gasteiger partial charge in [-0.3, -0.25) is 0 Å². The molecule has 0 N–H and O–H groups in total. The maximum Gasteiger partial charge on any atom is 0.161 e. The van der Waals surface area contributed by atoms with Crippen molar-refractivity contribution in [2.75, 3.05) is 67.1 Å². The lowest BCUT2D eigenvalue weighted by molar-refractivity contribution is 0.146. The lowest BCUT2D eigenvalue weighted by Crippen LogP contribution is -2.05. The fourth-order valence-electron chi connectivity index (χ4n) is 8.70. The van der Waals surface area contributed by atoms with Crippen molar-refractivity contribution in [2.24, 2.45) is 0 Å². The summed E-state index contributed by atoms with van der Waals surface area (Å²) in [5.41, 5.74) is 0. The van der Waals surface area contributed by atoms with Crippen molar-refractivity contribution in [3.05, 3.63) is 60.7 Å². The molecule has 0 heterocycles. The van der Waals surface area contributed by atoms with E-state index in [1.54, 1.807) is 14.2 Å². The average Bonchev–Trinajstić information content (AvgIpc) is 3.31. The van der Waals surface area contributed by atoms with Gasteiger partial charge in [0.2, 0.25) is 0 Å². The van der Waals surface area contributed by atoms with E-state index < -0.39 is 0 Å². The monoisotopic (exact) mass is 877 g/mol. The summed E-state index contributed by atoms with van der Waals surface area (Å²) in [6.45, 7) is 13.4. The second-order valence-corrected chi connectivity index (χ2v) is 17.2. The van der Waals surface area contributed by atoms with Gasteiger partial charge in [0.05, 0.1) is 39.6 Å². The van der Waals surface area contributed by atoms with Gasteiger partial charge in [-0.25, -0.2) is 0 Å². The third-order valence-corrected chi connectivity index (χ3v) is 12.2. The highest BCUT2D eigenvalue weighted by Crippen LogP contribution is 2.50. The molecule has 0 aliphatic carbocycles. The predicted octanol–water partition coefficient (Wildman–Crippen LogP) is 15.3. The predicted molar refractivity (Wildman–Crippen MR) is 267 cm³/mol. The van der Waals surface area contributed by atoms with E-state index in [0.717, 1.165) is 140 Å². The van der Waals surface area contributed by atoms with Crippen LogP contribution in [-0.4, -0.2) is 67.1 Å². The SMILES string of the molecule is CCCCCCOc1cc2c3ccc(OCCOC)cc3c3c4cc(OCCCCCC)c(OCCCCCC)cc4c4ccc(OCCOC)cc4c3c2cc1OCCCCCC. The van der Waals surface area contributed by atoms with Gasteiger partial charge in [0.1, 0.15) is 24.7 Å². The summed E-state index contributed by atoms with van der Waals surface area (Å²) in [6, 6.07) is 21.9. The summed E-state index contributed by atoms with van der Waals surface area (Å²) < 4.78 is 50.3. The highest BCUT2D eigenvalue weighted by molar-refractivity contribution is 6.40. The molecule has 0 aromatic heterocycles. The molecule has 0 spiro atoms. The minimum absolute atomic E-state index is 0.448. The van der Waals surface area contributed by atoms with E-state index >= 15 is 0 Å². The Kier molecular flexibility index (Phi) is 20.1. The summed E-state index contributed by atoms with van der Waals surface area (Å²) in [5.74, 6) is 4.71. The van der Waals surface area contributed by atoms with Crippen molar-refractivity contribution >= 4 is 53.9 Å². The second kappa shape index (κ2) is 26.3. The minimum atomic E-state index is 0.448. The molecule has 6 rings (SSSR count). The number of ether oxygens (including phenoxy) is 8. The van der Waals surface area contributed by atoms with Crippen LogP contribution in [0.15, 0.2) is 60.7 Å². The van der Waals surface area contributed by atoms with Gasteiger partial charge in [-0.05, 0) is 128 Å². The first-order chi connectivity index (χ1) is 31.6. The van der Waals surface area contributed by atoms with Gasteiger partial charge in [-0.1, -0.05) is 117 Å². The Bertz CT molecular complexity index is 2190. The molecule has 0 aliphatic heterocycles. The van der Waals surface area contributed by atoms with Gasteiger partial charge in [0, 0.05) is 14.2 Å². The van der Waals surface area contributed by atoms with Crippen molar-refractivity contribution in [1.82, 2.24) is 0 Å². The second-order valence-electron chi connectivity index (χ2n) is 17.2. The van der Waals surface area contributed by atoms with Crippen molar-refractivity contribution in [2.45, 2.75) is 130 Å². The zero-order valence-corrected chi connectivity index (χ0v) is 40.0. The maximum atomic E-state index is 6.73. The lowest BCUT2D eigenvalue weighted by atomic mass is 9.86. The van der Waals surface area contributed by atoms with Crippen LogP contribution in [0.25, 0.3) is 53.9 Å². The van der Waals surface area contributed by atoms with Gasteiger partial charge in [0.25, 0.3) is 0 Å². The first kappa shape index (κ1) is 48.8. The molecule has 8 nitrogen and oxygen atoms in total. The number of rotatable bonds is 32. The quantitative estimate of drug-likeness (QED) is 0.0306. The normalized spacial score (nSPS) is 11.7. The lowest BCUT2D eigenvalue weighted by Gasteiger charge is -2.21. The number of fused-ring (bicyclic) bond motifs is 11. The van der Waals surface area contributed by atoms with Crippen molar-refractivity contribution < 1.29 is 37.9 Å². The van der Waals surface area contributed by atoms with Crippen LogP contribution < -0.4 is 28.4 Å². The number of hydrogen-bond donors (Lipinski definition) is 0. The van der Waals surface area contributed by atoms with Crippen LogP contribution in [0.4, 0.5) is 0 Å². The van der Waals surface area contributed by atoms with E-state index in [-0.39, 0.29) is 0 Å². The Balaban J connectivity index is 1.68. The number of unbranched alkanes of at least 4 members (excludes halogenated alkanes) is 12. The first-order valence-corrected chi connectivity index (χ1v) is 24.7. The molecule has 348 valence electrons. The van der Waals surface area contributed by atoms with E-state index in [1.807, 2.05) is 0 Å². The van der Waals surface area contributed by atoms with Gasteiger partial charge in [-0.2, -0.15) is 0 Å². The van der Waals surface area contributed by atoms with E-state index in [4.69, 9.17) is 37.9 Å². The summed E-state index contributed by atoms with van der Waals surface area (Å²) in [6.07, 6.45) is 18.0. The summed E-state index contributed by atoms with van der Waals surface area (Å²) in [4.78, 5) is 0. The molecule has 0 unspecified atom stereocenters. The van der Waals surface area contributed by atoms with Crippen LogP contribution >= 0.6 is 0 Å². The summed E-state index contributed by atoms with van der Waals surface area (Å²) in [5, 5.41) is 11.0. The smallest absolute Gasteiger partial charge is 0.161 e. The number of hydrogen-bond acceptors (Lipinski definition) is 8. The maximum absolute atomic E-state index is 6.73. The van der Waals surface area contributed by atoms with E-state index in [0.29, 0.717) is 52.9 Å². The summed E-state index contributed by atoms with van der Waals surface area (Å²) in [7, 11) is 3.40. The van der Waals surface area contributed by atoms with Crippen LogP contribution in [0, 0.1) is 0 Å². The molecule has 8 heteroatoms. The molecular formula is C56H76O8. The standard InChI is InChI=1S/C56H76O8/c1-7-11-15-19-27-61-51-37-45-43-25-23-41(59-33-31-57-5)35-47(43)56-50-40-54(64-30-22-18-14-10-4)52(62-28-20-16-12-8-2)38-46(50)44-26-24-42(60-34-32-58-6)36-48(44)55(56)49(45)39-53(51)63-29-21-17-13-9-3/h23-26,35-40H,7-22,27-34H2,1-6H3. The van der Waals surface area contributed by atoms with Crippen LogP contribution in [0.3, 0.4) is 0 Å². The van der Waals surface area contributed by atoms with Crippen LogP contribution in [-0.2, 0) is 9.47 Å². The molecule has 0 saturated carbocycles. The molecule has 0 amide bonds. The zero-order valence-electron chi connectivity index (χ0n) is 40.0. The Morgan fingerprint density at radius 3 is 0.906 bits per heavy atom. The molecule has 0 atom stereocenters. The largest absolute Gasteiger partial charge is 0.491 e. The van der Waals surface area contributed by atoms with Crippen molar-refractivity contribution in [3.63, 3.8) is 0 Å². The Labute approximate surface area is 383 Å². The molecule has 0 saturated heterocycles. The topological polar surface area (TPSA) is 73.8 Å². The minimum Gasteiger partial charge on any atom is -0.491 e. The molecule has 6 aromatic carbocycles.